The van der Waals surface area contributed by atoms with Crippen LogP contribution in [0.25, 0.3) is 0 Å². The van der Waals surface area contributed by atoms with Gasteiger partial charge in [-0.3, -0.25) is 14.4 Å². The van der Waals surface area contributed by atoms with Crippen molar-refractivity contribution in [2.24, 2.45) is 17.2 Å². The van der Waals surface area contributed by atoms with Crippen molar-refractivity contribution in [2.75, 3.05) is 0 Å². The predicted molar refractivity (Wildman–Crippen MR) is 51.6 cm³/mol. The molecule has 2 atom stereocenters. The van der Waals surface area contributed by atoms with Crippen molar-refractivity contribution >= 4 is 17.7 Å². The highest BCUT2D eigenvalue weighted by molar-refractivity contribution is 5.99. The van der Waals surface area contributed by atoms with Gasteiger partial charge in [0.1, 0.15) is 6.04 Å². The minimum absolute atomic E-state index is 0.0213. The van der Waals surface area contributed by atoms with Gasteiger partial charge in [0, 0.05) is 12.8 Å². The van der Waals surface area contributed by atoms with Crippen LogP contribution in [0.3, 0.4) is 0 Å². The number of rotatable bonds is 4. The van der Waals surface area contributed by atoms with Crippen LogP contribution in [0.2, 0.25) is 0 Å². The van der Waals surface area contributed by atoms with Crippen molar-refractivity contribution in [1.82, 2.24) is 0 Å². The van der Waals surface area contributed by atoms with Crippen molar-refractivity contribution in [3.05, 3.63) is 0 Å². The number of ketones is 1. The van der Waals surface area contributed by atoms with Gasteiger partial charge in [-0.15, -0.1) is 0 Å². The fourth-order valence-electron chi connectivity index (χ4n) is 0.579. The lowest BCUT2D eigenvalue weighted by molar-refractivity contribution is -0.138. The Hall–Kier alpha value is -1.47. The van der Waals surface area contributed by atoms with Crippen molar-refractivity contribution in [1.29, 1.82) is 0 Å². The molecule has 0 spiro atoms. The van der Waals surface area contributed by atoms with E-state index in [0.29, 0.717) is 6.42 Å². The molecule has 0 radical (unpaired) electrons. The molecule has 1 aliphatic rings. The minimum Gasteiger partial charge on any atom is -0.480 e. The molecular formula is C8H15N3O4. The maximum Gasteiger partial charge on any atom is 0.320 e. The summed E-state index contributed by atoms with van der Waals surface area (Å²) in [6.07, 6.45) is 0.734. The van der Waals surface area contributed by atoms with Gasteiger partial charge in [-0.25, -0.2) is 0 Å². The fraction of sp³-hybridized carbons (Fsp3) is 0.625. The number of Topliss-reactive ketones (excluding diaryl/α,β-unsaturated/α-hetero) is 1. The highest BCUT2D eigenvalue weighted by Gasteiger charge is 2.29. The Morgan fingerprint density at radius 2 is 1.93 bits per heavy atom. The first-order chi connectivity index (χ1) is 6.84. The van der Waals surface area contributed by atoms with Gasteiger partial charge in [0.2, 0.25) is 5.91 Å². The summed E-state index contributed by atoms with van der Waals surface area (Å²) in [7, 11) is 0. The van der Waals surface area contributed by atoms with Crippen LogP contribution in [0.4, 0.5) is 0 Å². The SMILES string of the molecule is NC(=O)CC[C@H](N)C(=O)O.NC1CC1=O. The van der Waals surface area contributed by atoms with Gasteiger partial charge in [0.05, 0.1) is 6.04 Å². The molecule has 0 aromatic heterocycles. The van der Waals surface area contributed by atoms with Crippen LogP contribution in [-0.4, -0.2) is 34.8 Å². The van der Waals surface area contributed by atoms with Gasteiger partial charge in [-0.1, -0.05) is 0 Å². The lowest BCUT2D eigenvalue weighted by Gasteiger charge is -2.01. The Bertz CT molecular complexity index is 267. The van der Waals surface area contributed by atoms with E-state index in [0.717, 1.165) is 0 Å². The molecule has 0 heterocycles. The second-order valence-corrected chi connectivity index (χ2v) is 3.23. The van der Waals surface area contributed by atoms with Crippen LogP contribution in [0.15, 0.2) is 0 Å². The minimum atomic E-state index is -1.11. The second-order valence-electron chi connectivity index (χ2n) is 3.23. The highest BCUT2D eigenvalue weighted by atomic mass is 16.4. The summed E-state index contributed by atoms with van der Waals surface area (Å²) in [6.45, 7) is 0. The Morgan fingerprint density at radius 3 is 2.13 bits per heavy atom. The topological polar surface area (TPSA) is 150 Å². The van der Waals surface area contributed by atoms with Crippen molar-refractivity contribution in [2.45, 2.75) is 31.3 Å². The molecule has 7 N–H and O–H groups in total. The molecule has 86 valence electrons. The van der Waals surface area contributed by atoms with Crippen molar-refractivity contribution in [3.63, 3.8) is 0 Å². The first-order valence-corrected chi connectivity index (χ1v) is 4.39. The summed E-state index contributed by atoms with van der Waals surface area (Å²) < 4.78 is 0. The van der Waals surface area contributed by atoms with E-state index in [1.807, 2.05) is 0 Å². The lowest BCUT2D eigenvalue weighted by atomic mass is 10.2. The van der Waals surface area contributed by atoms with E-state index in [2.05, 4.69) is 0 Å². The molecule has 1 saturated carbocycles. The van der Waals surface area contributed by atoms with Crippen LogP contribution in [0, 0.1) is 0 Å². The Morgan fingerprint density at radius 1 is 1.53 bits per heavy atom. The summed E-state index contributed by atoms with van der Waals surface area (Å²) in [4.78, 5) is 29.9. The summed E-state index contributed by atoms with van der Waals surface area (Å²) in [5.41, 5.74) is 14.8. The van der Waals surface area contributed by atoms with Crippen molar-refractivity contribution < 1.29 is 19.5 Å². The number of nitrogens with two attached hydrogens (primary N) is 3. The molecule has 1 unspecified atom stereocenters. The maximum absolute atomic E-state index is 10.1. The summed E-state index contributed by atoms with van der Waals surface area (Å²) in [6, 6.07) is -1.07. The molecule has 1 fully saturated rings. The number of carbonyl (C=O) groups is 3. The van der Waals surface area contributed by atoms with Crippen molar-refractivity contribution in [3.8, 4) is 0 Å². The first-order valence-electron chi connectivity index (χ1n) is 4.39. The standard InChI is InChI=1S/C5H10N2O3.C3H5NO/c6-3(5(9)10)1-2-4(7)8;4-2-1-3(2)5/h3H,1-2,6H2,(H2,7,8)(H,9,10);2H,1,4H2/t3-;/m0./s1. The largest absolute Gasteiger partial charge is 0.480 e. The third-order valence-corrected chi connectivity index (χ3v) is 1.69. The number of primary amides is 1. The molecular weight excluding hydrogens is 202 g/mol. The zero-order valence-electron chi connectivity index (χ0n) is 8.18. The third-order valence-electron chi connectivity index (χ3n) is 1.69. The Kier molecular flexibility index (Phi) is 5.50. The summed E-state index contributed by atoms with van der Waals surface area (Å²) >= 11 is 0. The monoisotopic (exact) mass is 217 g/mol. The molecule has 1 aliphatic carbocycles. The average Bonchev–Trinajstić information content (AvgIpc) is 2.76. The van der Waals surface area contributed by atoms with E-state index in [4.69, 9.17) is 22.3 Å². The van der Waals surface area contributed by atoms with Gasteiger partial charge in [-0.2, -0.15) is 0 Å². The van der Waals surface area contributed by atoms with Gasteiger partial charge in [0.25, 0.3) is 0 Å². The second kappa shape index (κ2) is 6.10. The van der Waals surface area contributed by atoms with Crippen LogP contribution in [0.1, 0.15) is 19.3 Å². The molecule has 7 heteroatoms. The number of carboxylic acid groups (broad SMARTS) is 1. The van der Waals surface area contributed by atoms with Crippen LogP contribution < -0.4 is 17.2 Å². The predicted octanol–water partition coefficient (Wildman–Crippen LogP) is -2.05. The van der Waals surface area contributed by atoms with E-state index in [1.165, 1.54) is 0 Å². The molecule has 0 aromatic carbocycles. The molecule has 1 amide bonds. The van der Waals surface area contributed by atoms with E-state index >= 15 is 0 Å². The maximum atomic E-state index is 10.1. The summed E-state index contributed by atoms with van der Waals surface area (Å²) in [5, 5.41) is 8.22. The van der Waals surface area contributed by atoms with Crippen LogP contribution in [-0.2, 0) is 14.4 Å². The molecule has 15 heavy (non-hydrogen) atoms. The zero-order chi connectivity index (χ0) is 12.0. The normalized spacial score (nSPS) is 19.9. The van der Waals surface area contributed by atoms with Gasteiger partial charge >= 0.3 is 5.97 Å². The van der Waals surface area contributed by atoms with E-state index < -0.39 is 17.9 Å². The number of hydrogen-bond acceptors (Lipinski definition) is 5. The average molecular weight is 217 g/mol. The van der Waals surface area contributed by atoms with Crippen LogP contribution in [0.5, 0.6) is 0 Å². The number of amides is 1. The molecule has 0 bridgehead atoms. The van der Waals surface area contributed by atoms with Gasteiger partial charge in [0.15, 0.2) is 5.78 Å². The zero-order valence-corrected chi connectivity index (χ0v) is 8.18. The van der Waals surface area contributed by atoms with Crippen LogP contribution >= 0.6 is 0 Å². The number of carboxylic acids is 1. The number of aliphatic carboxylic acids is 1. The number of hydrogen-bond donors (Lipinski definition) is 4. The fourth-order valence-corrected chi connectivity index (χ4v) is 0.579. The molecule has 0 saturated heterocycles. The number of carbonyl (C=O) groups excluding carboxylic acids is 2. The smallest absolute Gasteiger partial charge is 0.320 e. The lowest BCUT2D eigenvalue weighted by Crippen LogP contribution is -2.31. The third kappa shape index (κ3) is 7.59. The van der Waals surface area contributed by atoms with Gasteiger partial charge in [-0.05, 0) is 6.42 Å². The molecule has 1 rings (SSSR count). The Labute approximate surface area is 86.6 Å². The molecule has 0 aliphatic heterocycles. The Balaban J connectivity index is 0.000000322. The van der Waals surface area contributed by atoms with E-state index in [-0.39, 0.29) is 24.7 Å². The quantitative estimate of drug-likeness (QED) is 0.425. The van der Waals surface area contributed by atoms with Gasteiger partial charge < -0.3 is 22.3 Å². The summed E-state index contributed by atoms with van der Waals surface area (Å²) in [5.74, 6) is -1.44. The molecule has 7 nitrogen and oxygen atoms in total. The van der Waals surface area contributed by atoms with E-state index in [1.54, 1.807) is 0 Å². The van der Waals surface area contributed by atoms with E-state index in [9.17, 15) is 14.4 Å². The first kappa shape index (κ1) is 13.5. The molecule has 0 aromatic rings. The highest BCUT2D eigenvalue weighted by Crippen LogP contribution is 2.07.